The molecule has 1 atom stereocenters. The van der Waals surface area contributed by atoms with Crippen LogP contribution >= 0.6 is 0 Å². The van der Waals surface area contributed by atoms with E-state index in [0.29, 0.717) is 6.61 Å². The van der Waals surface area contributed by atoms with Gasteiger partial charge >= 0.3 is 0 Å². The lowest BCUT2D eigenvalue weighted by Crippen LogP contribution is -2.37. The molecule has 1 aliphatic rings. The number of aromatic nitrogens is 2. The Bertz CT molecular complexity index is 968. The quantitative estimate of drug-likeness (QED) is 0.630. The van der Waals surface area contributed by atoms with Crippen LogP contribution in [0.25, 0.3) is 0 Å². The van der Waals surface area contributed by atoms with Crippen molar-refractivity contribution in [2.75, 3.05) is 37.0 Å². The molecule has 3 rings (SSSR count). The van der Waals surface area contributed by atoms with Crippen molar-refractivity contribution in [3.05, 3.63) is 52.4 Å². The summed E-state index contributed by atoms with van der Waals surface area (Å²) in [5.41, 5.74) is 1.64. The van der Waals surface area contributed by atoms with E-state index in [1.807, 2.05) is 24.3 Å². The third-order valence-electron chi connectivity index (χ3n) is 5.08. The lowest BCUT2D eigenvalue weighted by atomic mass is 10.2. The average Bonchev–Trinajstić information content (AvgIpc) is 3.28. The van der Waals surface area contributed by atoms with Crippen molar-refractivity contribution >= 4 is 23.2 Å². The van der Waals surface area contributed by atoms with E-state index in [2.05, 4.69) is 20.6 Å². The number of hydrogen-bond donors (Lipinski definition) is 2. The van der Waals surface area contributed by atoms with Crippen LogP contribution < -0.4 is 21.1 Å². The Labute approximate surface area is 181 Å². The highest BCUT2D eigenvalue weighted by Crippen LogP contribution is 2.23. The van der Waals surface area contributed by atoms with Gasteiger partial charge in [0.15, 0.2) is 0 Å². The van der Waals surface area contributed by atoms with Gasteiger partial charge in [0.1, 0.15) is 5.69 Å². The number of nitrogens with one attached hydrogen (secondary N) is 2. The predicted octanol–water partition coefficient (Wildman–Crippen LogP) is 1.64. The largest absolute Gasteiger partial charge is 0.383 e. The van der Waals surface area contributed by atoms with Crippen LogP contribution in [0.2, 0.25) is 0 Å². The Morgan fingerprint density at radius 3 is 2.71 bits per heavy atom. The molecule has 0 spiro atoms. The number of carbonyl (C=O) groups excluding carboxylic acids is 2. The molecule has 9 nitrogen and oxygen atoms in total. The summed E-state index contributed by atoms with van der Waals surface area (Å²) in [4.78, 5) is 39.0. The van der Waals surface area contributed by atoms with Crippen molar-refractivity contribution in [3.8, 4) is 0 Å². The second-order valence-electron chi connectivity index (χ2n) is 7.64. The Kier molecular flexibility index (Phi) is 7.77. The summed E-state index contributed by atoms with van der Waals surface area (Å²) in [6.45, 7) is 4.39. The van der Waals surface area contributed by atoms with Crippen LogP contribution in [-0.2, 0) is 16.1 Å². The van der Waals surface area contributed by atoms with Gasteiger partial charge in [-0.05, 0) is 44.0 Å². The Morgan fingerprint density at radius 2 is 1.97 bits per heavy atom. The maximum atomic E-state index is 12.5. The number of rotatable bonds is 9. The minimum atomic E-state index is -0.442. The molecule has 1 aliphatic heterocycles. The molecule has 166 valence electrons. The molecular formula is C22H29N5O4. The first kappa shape index (κ1) is 22.5. The lowest BCUT2D eigenvalue weighted by Gasteiger charge is -2.19. The van der Waals surface area contributed by atoms with Crippen molar-refractivity contribution in [2.24, 2.45) is 0 Å². The van der Waals surface area contributed by atoms with Crippen molar-refractivity contribution in [1.29, 1.82) is 0 Å². The number of ether oxygens (including phenoxy) is 1. The predicted molar refractivity (Wildman–Crippen MR) is 118 cm³/mol. The zero-order valence-electron chi connectivity index (χ0n) is 18.0. The van der Waals surface area contributed by atoms with Gasteiger partial charge in [0.05, 0.1) is 13.2 Å². The standard InChI is InChI=1S/C22H29N5O4/c1-16(23-22(30)19-8-9-21(29)27(25-19)12-13-31-2)14-20(28)24-17-6-5-7-18(15-17)26-10-3-4-11-26/h5-9,15-16H,3-4,10-14H2,1-2H3,(H,23,30)(H,24,28). The molecule has 2 heterocycles. The van der Waals surface area contributed by atoms with E-state index in [1.54, 1.807) is 6.92 Å². The molecule has 0 radical (unpaired) electrons. The van der Waals surface area contributed by atoms with Gasteiger partial charge in [-0.15, -0.1) is 0 Å². The molecule has 0 aliphatic carbocycles. The van der Waals surface area contributed by atoms with Crippen molar-refractivity contribution in [1.82, 2.24) is 15.1 Å². The molecule has 31 heavy (non-hydrogen) atoms. The van der Waals surface area contributed by atoms with E-state index < -0.39 is 11.9 Å². The summed E-state index contributed by atoms with van der Waals surface area (Å²) >= 11 is 0. The number of hydrogen-bond acceptors (Lipinski definition) is 6. The highest BCUT2D eigenvalue weighted by Gasteiger charge is 2.16. The fourth-order valence-corrected chi connectivity index (χ4v) is 3.50. The van der Waals surface area contributed by atoms with E-state index in [0.717, 1.165) is 24.5 Å². The number of amides is 2. The number of benzene rings is 1. The van der Waals surface area contributed by atoms with Crippen LogP contribution in [0.3, 0.4) is 0 Å². The van der Waals surface area contributed by atoms with Crippen LogP contribution in [-0.4, -0.2) is 54.4 Å². The van der Waals surface area contributed by atoms with Crippen molar-refractivity contribution in [3.63, 3.8) is 0 Å². The first-order chi connectivity index (χ1) is 15.0. The topological polar surface area (TPSA) is 106 Å². The van der Waals surface area contributed by atoms with E-state index in [4.69, 9.17) is 4.74 Å². The molecule has 0 bridgehead atoms. The molecule has 2 N–H and O–H groups in total. The summed E-state index contributed by atoms with van der Waals surface area (Å²) < 4.78 is 6.13. The Morgan fingerprint density at radius 1 is 1.19 bits per heavy atom. The maximum absolute atomic E-state index is 12.5. The molecule has 1 unspecified atom stereocenters. The molecule has 9 heteroatoms. The minimum Gasteiger partial charge on any atom is -0.383 e. The van der Waals surface area contributed by atoms with E-state index in [-0.39, 0.29) is 30.1 Å². The molecule has 1 saturated heterocycles. The van der Waals surface area contributed by atoms with E-state index in [9.17, 15) is 14.4 Å². The normalized spacial score (nSPS) is 14.3. The zero-order chi connectivity index (χ0) is 22.2. The SMILES string of the molecule is COCCn1nc(C(=O)NC(C)CC(=O)Nc2cccc(N3CCCC3)c2)ccc1=O. The van der Waals surface area contributed by atoms with Crippen LogP contribution in [0, 0.1) is 0 Å². The summed E-state index contributed by atoms with van der Waals surface area (Å²) in [7, 11) is 1.52. The summed E-state index contributed by atoms with van der Waals surface area (Å²) in [6, 6.07) is 10.1. The summed E-state index contributed by atoms with van der Waals surface area (Å²) in [5.74, 6) is -0.633. The molecular weight excluding hydrogens is 398 g/mol. The monoisotopic (exact) mass is 427 g/mol. The summed E-state index contributed by atoms with van der Waals surface area (Å²) in [6.07, 6.45) is 2.49. The number of carbonyl (C=O) groups is 2. The van der Waals surface area contributed by atoms with Crippen molar-refractivity contribution in [2.45, 2.75) is 38.8 Å². The van der Waals surface area contributed by atoms with Crippen LogP contribution in [0.1, 0.15) is 36.7 Å². The average molecular weight is 428 g/mol. The lowest BCUT2D eigenvalue weighted by molar-refractivity contribution is -0.116. The number of anilines is 2. The van der Waals surface area contributed by atoms with Gasteiger partial charge in [-0.3, -0.25) is 14.4 Å². The van der Waals surface area contributed by atoms with Gasteiger partial charge in [-0.1, -0.05) is 6.07 Å². The fourth-order valence-electron chi connectivity index (χ4n) is 3.50. The molecule has 1 fully saturated rings. The Hall–Kier alpha value is -3.20. The summed E-state index contributed by atoms with van der Waals surface area (Å²) in [5, 5.41) is 9.72. The first-order valence-corrected chi connectivity index (χ1v) is 10.5. The van der Waals surface area contributed by atoms with Crippen LogP contribution in [0.5, 0.6) is 0 Å². The van der Waals surface area contributed by atoms with E-state index >= 15 is 0 Å². The van der Waals surface area contributed by atoms with Gasteiger partial charge in [-0.25, -0.2) is 4.68 Å². The first-order valence-electron chi connectivity index (χ1n) is 10.5. The minimum absolute atomic E-state index is 0.112. The van der Waals surface area contributed by atoms with Gasteiger partial charge in [0, 0.05) is 50.1 Å². The highest BCUT2D eigenvalue weighted by atomic mass is 16.5. The number of nitrogens with zero attached hydrogens (tertiary/aromatic N) is 3. The van der Waals surface area contributed by atoms with Gasteiger partial charge < -0.3 is 20.3 Å². The molecule has 2 aromatic rings. The van der Waals surface area contributed by atoms with Gasteiger partial charge in [0.25, 0.3) is 11.5 Å². The van der Waals surface area contributed by atoms with Crippen LogP contribution in [0.15, 0.2) is 41.2 Å². The maximum Gasteiger partial charge on any atom is 0.271 e. The molecule has 2 amide bonds. The van der Waals surface area contributed by atoms with Gasteiger partial charge in [0.2, 0.25) is 5.91 Å². The third kappa shape index (κ3) is 6.39. The fraction of sp³-hybridized carbons (Fsp3) is 0.455. The molecule has 1 aromatic carbocycles. The zero-order valence-corrected chi connectivity index (χ0v) is 18.0. The smallest absolute Gasteiger partial charge is 0.271 e. The highest BCUT2D eigenvalue weighted by molar-refractivity contribution is 5.94. The third-order valence-corrected chi connectivity index (χ3v) is 5.08. The van der Waals surface area contributed by atoms with E-state index in [1.165, 1.54) is 36.8 Å². The number of methoxy groups -OCH3 is 1. The molecule has 0 saturated carbocycles. The van der Waals surface area contributed by atoms with Crippen molar-refractivity contribution < 1.29 is 14.3 Å². The van der Waals surface area contributed by atoms with Crippen LogP contribution in [0.4, 0.5) is 11.4 Å². The second kappa shape index (κ2) is 10.7. The second-order valence-corrected chi connectivity index (χ2v) is 7.64. The molecule has 1 aromatic heterocycles. The Balaban J connectivity index is 1.54. The van der Waals surface area contributed by atoms with Gasteiger partial charge in [-0.2, -0.15) is 5.10 Å².